The van der Waals surface area contributed by atoms with Gasteiger partial charge in [-0.15, -0.1) is 0 Å². The topological polar surface area (TPSA) is 89.0 Å². The first-order valence-electron chi connectivity index (χ1n) is 5.78. The van der Waals surface area contributed by atoms with E-state index < -0.39 is 5.97 Å². The third-order valence-electron chi connectivity index (χ3n) is 2.65. The lowest BCUT2D eigenvalue weighted by molar-refractivity contribution is 0.0472. The van der Waals surface area contributed by atoms with E-state index in [2.05, 4.69) is 4.98 Å². The van der Waals surface area contributed by atoms with Crippen molar-refractivity contribution in [2.24, 2.45) is 0 Å². The predicted octanol–water partition coefficient (Wildman–Crippen LogP) is 3.20. The third-order valence-corrected chi connectivity index (χ3v) is 3.46. The highest BCUT2D eigenvalue weighted by atomic mass is 35.5. The molecule has 7 heteroatoms. The van der Waals surface area contributed by atoms with Gasteiger partial charge in [-0.1, -0.05) is 29.3 Å². The number of carbonyl (C=O) groups excluding carboxylic acids is 1. The zero-order chi connectivity index (χ0) is 15.4. The second-order valence-corrected chi connectivity index (χ2v) is 4.85. The monoisotopic (exact) mass is 321 g/mol. The van der Waals surface area contributed by atoms with Gasteiger partial charge in [-0.05, 0) is 18.2 Å². The van der Waals surface area contributed by atoms with Crippen molar-refractivity contribution in [3.8, 4) is 6.07 Å². The third kappa shape index (κ3) is 3.43. The first-order chi connectivity index (χ1) is 10.0. The number of rotatable bonds is 3. The number of esters is 1. The summed E-state index contributed by atoms with van der Waals surface area (Å²) in [5.41, 5.74) is 6.73. The van der Waals surface area contributed by atoms with E-state index in [0.717, 1.165) is 0 Å². The number of hydrogen-bond donors (Lipinski definition) is 1. The summed E-state index contributed by atoms with van der Waals surface area (Å²) >= 11 is 11.7. The lowest BCUT2D eigenvalue weighted by atomic mass is 10.2. The van der Waals surface area contributed by atoms with Gasteiger partial charge in [-0.2, -0.15) is 5.26 Å². The maximum Gasteiger partial charge on any atom is 0.338 e. The van der Waals surface area contributed by atoms with E-state index in [1.54, 1.807) is 12.1 Å². The minimum absolute atomic E-state index is 0.0737. The Bertz CT molecular complexity index is 718. The first-order valence-corrected chi connectivity index (χ1v) is 6.54. The minimum atomic E-state index is -0.618. The van der Waals surface area contributed by atoms with E-state index in [1.165, 1.54) is 18.3 Å². The van der Waals surface area contributed by atoms with Crippen LogP contribution in [-0.2, 0) is 11.3 Å². The van der Waals surface area contributed by atoms with Crippen molar-refractivity contribution in [2.75, 3.05) is 5.73 Å². The summed E-state index contributed by atoms with van der Waals surface area (Å²) in [4.78, 5) is 15.8. The number of nitrogen functional groups attached to an aromatic ring is 1. The molecule has 0 unspecified atom stereocenters. The molecule has 0 spiro atoms. The van der Waals surface area contributed by atoms with Crippen LogP contribution in [0.3, 0.4) is 0 Å². The van der Waals surface area contributed by atoms with Crippen LogP contribution in [-0.4, -0.2) is 11.0 Å². The molecule has 2 N–H and O–H groups in total. The standard InChI is InChI=1S/C14H9Cl2N3O2/c15-10-4-9(5-11(18)13(10)16)14(20)21-7-8-2-1-3-19-12(8)6-17/h1-5H,7,18H2. The Morgan fingerprint density at radius 1 is 1.43 bits per heavy atom. The maximum absolute atomic E-state index is 12.0. The highest BCUT2D eigenvalue weighted by Crippen LogP contribution is 2.29. The van der Waals surface area contributed by atoms with Crippen molar-refractivity contribution >= 4 is 34.9 Å². The molecule has 106 valence electrons. The SMILES string of the molecule is N#Cc1ncccc1COC(=O)c1cc(N)c(Cl)c(Cl)c1. The fourth-order valence-corrected chi connectivity index (χ4v) is 1.95. The highest BCUT2D eigenvalue weighted by molar-refractivity contribution is 6.43. The molecule has 0 aliphatic rings. The number of halogens is 2. The number of hydrogen-bond acceptors (Lipinski definition) is 5. The number of ether oxygens (including phenoxy) is 1. The molecule has 0 aliphatic carbocycles. The van der Waals surface area contributed by atoms with Gasteiger partial charge in [-0.25, -0.2) is 9.78 Å². The Labute approximate surface area is 130 Å². The van der Waals surface area contributed by atoms with Crippen molar-refractivity contribution < 1.29 is 9.53 Å². The summed E-state index contributed by atoms with van der Waals surface area (Å²) in [6, 6.07) is 7.98. The smallest absolute Gasteiger partial charge is 0.338 e. The average molecular weight is 322 g/mol. The normalized spacial score (nSPS) is 9.95. The molecule has 0 radical (unpaired) electrons. The summed E-state index contributed by atoms with van der Waals surface area (Å²) in [7, 11) is 0. The lowest BCUT2D eigenvalue weighted by Gasteiger charge is -2.08. The maximum atomic E-state index is 12.0. The number of pyridine rings is 1. The van der Waals surface area contributed by atoms with E-state index in [0.29, 0.717) is 5.56 Å². The van der Waals surface area contributed by atoms with Crippen molar-refractivity contribution in [3.63, 3.8) is 0 Å². The number of benzene rings is 1. The summed E-state index contributed by atoms with van der Waals surface area (Å²) in [6.07, 6.45) is 1.49. The molecule has 1 heterocycles. The number of carbonyl (C=O) groups is 1. The predicted molar refractivity (Wildman–Crippen MR) is 78.9 cm³/mol. The summed E-state index contributed by atoms with van der Waals surface area (Å²) in [6.45, 7) is -0.0737. The van der Waals surface area contributed by atoms with Crippen molar-refractivity contribution in [2.45, 2.75) is 6.61 Å². The van der Waals surface area contributed by atoms with Crippen LogP contribution in [0.4, 0.5) is 5.69 Å². The Kier molecular flexibility index (Phi) is 4.63. The molecule has 1 aromatic carbocycles. The Morgan fingerprint density at radius 3 is 2.86 bits per heavy atom. The van der Waals surface area contributed by atoms with Crippen LogP contribution in [0.25, 0.3) is 0 Å². The molecule has 1 aromatic heterocycles. The van der Waals surface area contributed by atoms with E-state index >= 15 is 0 Å². The van der Waals surface area contributed by atoms with Gasteiger partial charge >= 0.3 is 5.97 Å². The van der Waals surface area contributed by atoms with E-state index in [9.17, 15) is 4.79 Å². The number of nitrogens with two attached hydrogens (primary N) is 1. The van der Waals surface area contributed by atoms with Crippen molar-refractivity contribution in [3.05, 3.63) is 57.3 Å². The van der Waals surface area contributed by atoms with Gasteiger partial charge < -0.3 is 10.5 Å². The first kappa shape index (κ1) is 15.1. The van der Waals surface area contributed by atoms with Crippen LogP contribution < -0.4 is 5.73 Å². The van der Waals surface area contributed by atoms with Gasteiger partial charge in [0.2, 0.25) is 0 Å². The van der Waals surface area contributed by atoms with E-state index in [-0.39, 0.29) is 33.6 Å². The van der Waals surface area contributed by atoms with Gasteiger partial charge in [0.25, 0.3) is 0 Å². The van der Waals surface area contributed by atoms with Crippen molar-refractivity contribution in [1.82, 2.24) is 4.98 Å². The van der Waals surface area contributed by atoms with Gasteiger partial charge in [-0.3, -0.25) is 0 Å². The molecule has 0 saturated heterocycles. The molecule has 2 rings (SSSR count). The molecule has 0 amide bonds. The minimum Gasteiger partial charge on any atom is -0.457 e. The van der Waals surface area contributed by atoms with Gasteiger partial charge in [0.05, 0.1) is 21.3 Å². The van der Waals surface area contributed by atoms with Gasteiger partial charge in [0.15, 0.2) is 0 Å². The Hall–Kier alpha value is -2.29. The van der Waals surface area contributed by atoms with Crippen LogP contribution in [0.2, 0.25) is 10.0 Å². The summed E-state index contributed by atoms with van der Waals surface area (Å²) in [5.74, 6) is -0.618. The Morgan fingerprint density at radius 2 is 2.19 bits per heavy atom. The second-order valence-electron chi connectivity index (χ2n) is 4.06. The second kappa shape index (κ2) is 6.44. The number of aromatic nitrogens is 1. The Balaban J connectivity index is 2.14. The van der Waals surface area contributed by atoms with Crippen LogP contribution >= 0.6 is 23.2 Å². The molecule has 0 aliphatic heterocycles. The molecule has 5 nitrogen and oxygen atoms in total. The van der Waals surface area contributed by atoms with E-state index in [1.807, 2.05) is 6.07 Å². The molecule has 0 atom stereocenters. The molecular weight excluding hydrogens is 313 g/mol. The van der Waals surface area contributed by atoms with Crippen LogP contribution in [0.5, 0.6) is 0 Å². The molecule has 0 saturated carbocycles. The molecule has 0 fully saturated rings. The average Bonchev–Trinajstić information content (AvgIpc) is 2.49. The van der Waals surface area contributed by atoms with Crippen molar-refractivity contribution in [1.29, 1.82) is 5.26 Å². The zero-order valence-electron chi connectivity index (χ0n) is 10.6. The fourth-order valence-electron chi connectivity index (χ4n) is 1.61. The van der Waals surface area contributed by atoms with Gasteiger partial charge in [0, 0.05) is 11.8 Å². The highest BCUT2D eigenvalue weighted by Gasteiger charge is 2.13. The summed E-state index contributed by atoms with van der Waals surface area (Å²) < 4.78 is 5.12. The molecule has 21 heavy (non-hydrogen) atoms. The summed E-state index contributed by atoms with van der Waals surface area (Å²) in [5, 5.41) is 9.26. The number of anilines is 1. The fraction of sp³-hybridized carbons (Fsp3) is 0.0714. The van der Waals surface area contributed by atoms with Crippen LogP contribution in [0.1, 0.15) is 21.6 Å². The van der Waals surface area contributed by atoms with Gasteiger partial charge in [0.1, 0.15) is 18.4 Å². The number of nitrogens with zero attached hydrogens (tertiary/aromatic N) is 2. The molecule has 0 bridgehead atoms. The van der Waals surface area contributed by atoms with E-state index in [4.69, 9.17) is 38.9 Å². The van der Waals surface area contributed by atoms with Crippen LogP contribution in [0.15, 0.2) is 30.5 Å². The molecule has 2 aromatic rings. The molecular formula is C14H9Cl2N3O2. The lowest BCUT2D eigenvalue weighted by Crippen LogP contribution is -2.07. The zero-order valence-corrected chi connectivity index (χ0v) is 12.1. The number of nitriles is 1. The largest absolute Gasteiger partial charge is 0.457 e. The quantitative estimate of drug-likeness (QED) is 0.692. The van der Waals surface area contributed by atoms with Crippen LogP contribution in [0, 0.1) is 11.3 Å².